The third kappa shape index (κ3) is 4.27. The van der Waals surface area contributed by atoms with E-state index >= 15 is 0 Å². The summed E-state index contributed by atoms with van der Waals surface area (Å²) in [6.45, 7) is 3.26. The average Bonchev–Trinajstić information content (AvgIpc) is 2.34. The van der Waals surface area contributed by atoms with Gasteiger partial charge in [0.1, 0.15) is 5.82 Å². The lowest BCUT2D eigenvalue weighted by Crippen LogP contribution is -2.35. The molecule has 0 aliphatic carbocycles. The van der Waals surface area contributed by atoms with Crippen molar-refractivity contribution in [3.05, 3.63) is 34.6 Å². The molecular formula is C13H18ClFN2O. The number of halogens is 2. The van der Waals surface area contributed by atoms with Gasteiger partial charge in [-0.3, -0.25) is 4.79 Å². The quantitative estimate of drug-likeness (QED) is 0.807. The number of carbonyl (C=O) groups excluding carboxylic acids is 1. The van der Waals surface area contributed by atoms with E-state index in [-0.39, 0.29) is 24.8 Å². The maximum Gasteiger partial charge on any atom is 0.236 e. The molecule has 0 radical (unpaired) electrons. The van der Waals surface area contributed by atoms with Crippen LogP contribution in [-0.4, -0.2) is 30.9 Å². The SMILES string of the molecule is CCCNCC(=O)N(C)Cc1c(F)cccc1Cl. The third-order valence-electron chi connectivity index (χ3n) is 2.59. The Morgan fingerprint density at radius 2 is 2.22 bits per heavy atom. The van der Waals surface area contributed by atoms with Crippen molar-refractivity contribution in [1.29, 1.82) is 0 Å². The molecule has 1 amide bonds. The molecule has 1 aromatic rings. The van der Waals surface area contributed by atoms with Crippen LogP contribution in [0.3, 0.4) is 0 Å². The average molecular weight is 273 g/mol. The number of hydrogen-bond acceptors (Lipinski definition) is 2. The third-order valence-corrected chi connectivity index (χ3v) is 2.94. The molecule has 0 unspecified atom stereocenters. The van der Waals surface area contributed by atoms with Crippen LogP contribution in [0.25, 0.3) is 0 Å². The van der Waals surface area contributed by atoms with Gasteiger partial charge in [0.05, 0.1) is 6.54 Å². The van der Waals surface area contributed by atoms with Gasteiger partial charge in [0.15, 0.2) is 0 Å². The second kappa shape index (κ2) is 7.34. The number of benzene rings is 1. The molecule has 0 saturated heterocycles. The zero-order valence-electron chi connectivity index (χ0n) is 10.7. The van der Waals surface area contributed by atoms with Crippen molar-refractivity contribution in [3.8, 4) is 0 Å². The van der Waals surface area contributed by atoms with E-state index in [1.165, 1.54) is 11.0 Å². The van der Waals surface area contributed by atoms with Crippen molar-refractivity contribution in [2.24, 2.45) is 0 Å². The lowest BCUT2D eigenvalue weighted by Gasteiger charge is -2.18. The second-order valence-electron chi connectivity index (χ2n) is 4.13. The summed E-state index contributed by atoms with van der Waals surface area (Å²) < 4.78 is 13.5. The molecule has 1 aromatic carbocycles. The molecule has 5 heteroatoms. The minimum absolute atomic E-state index is 0.0808. The van der Waals surface area contributed by atoms with Crippen LogP contribution in [0.1, 0.15) is 18.9 Å². The van der Waals surface area contributed by atoms with Gasteiger partial charge < -0.3 is 10.2 Å². The molecule has 18 heavy (non-hydrogen) atoms. The predicted octanol–water partition coefficient (Wildman–Crippen LogP) is 2.44. The molecule has 0 bridgehead atoms. The molecule has 0 aliphatic heterocycles. The van der Waals surface area contributed by atoms with Crippen LogP contribution < -0.4 is 5.32 Å². The maximum absolute atomic E-state index is 13.5. The first-order valence-electron chi connectivity index (χ1n) is 5.93. The van der Waals surface area contributed by atoms with Crippen molar-refractivity contribution < 1.29 is 9.18 Å². The highest BCUT2D eigenvalue weighted by Gasteiger charge is 2.13. The maximum atomic E-state index is 13.5. The molecule has 0 spiro atoms. The van der Waals surface area contributed by atoms with E-state index in [1.807, 2.05) is 6.92 Å². The normalized spacial score (nSPS) is 10.4. The van der Waals surface area contributed by atoms with Crippen LogP contribution in [0, 0.1) is 5.82 Å². The molecule has 100 valence electrons. The smallest absolute Gasteiger partial charge is 0.236 e. The van der Waals surface area contributed by atoms with Crippen molar-refractivity contribution in [2.45, 2.75) is 19.9 Å². The molecular weight excluding hydrogens is 255 g/mol. The van der Waals surface area contributed by atoms with Gasteiger partial charge in [0, 0.05) is 24.2 Å². The number of amides is 1. The number of nitrogens with zero attached hydrogens (tertiary/aromatic N) is 1. The van der Waals surface area contributed by atoms with E-state index in [0.717, 1.165) is 13.0 Å². The zero-order valence-corrected chi connectivity index (χ0v) is 11.4. The number of carbonyl (C=O) groups is 1. The molecule has 0 saturated carbocycles. The van der Waals surface area contributed by atoms with Crippen molar-refractivity contribution >= 4 is 17.5 Å². The Bertz CT molecular complexity index is 392. The lowest BCUT2D eigenvalue weighted by atomic mass is 10.2. The molecule has 0 heterocycles. The van der Waals surface area contributed by atoms with Gasteiger partial charge in [0.2, 0.25) is 5.91 Å². The van der Waals surface area contributed by atoms with Gasteiger partial charge in [-0.25, -0.2) is 4.39 Å². The van der Waals surface area contributed by atoms with E-state index < -0.39 is 0 Å². The van der Waals surface area contributed by atoms with E-state index in [0.29, 0.717) is 10.6 Å². The standard InChI is InChI=1S/C13H18ClFN2O/c1-3-7-16-8-13(18)17(2)9-10-11(14)5-4-6-12(10)15/h4-6,16H,3,7-9H2,1-2H3. The highest BCUT2D eigenvalue weighted by atomic mass is 35.5. The zero-order chi connectivity index (χ0) is 13.5. The molecule has 0 fully saturated rings. The highest BCUT2D eigenvalue weighted by Crippen LogP contribution is 2.20. The van der Waals surface area contributed by atoms with E-state index in [1.54, 1.807) is 19.2 Å². The number of likely N-dealkylation sites (N-methyl/N-ethyl adjacent to an activating group) is 1. The fourth-order valence-electron chi connectivity index (χ4n) is 1.52. The Hall–Kier alpha value is -1.13. The summed E-state index contributed by atoms with van der Waals surface area (Å²) in [5.41, 5.74) is 0.352. The first-order chi connectivity index (χ1) is 8.56. The first-order valence-corrected chi connectivity index (χ1v) is 6.31. The summed E-state index contributed by atoms with van der Waals surface area (Å²) >= 11 is 5.91. The van der Waals surface area contributed by atoms with Crippen LogP contribution in [0.5, 0.6) is 0 Å². The summed E-state index contributed by atoms with van der Waals surface area (Å²) in [4.78, 5) is 13.2. The Morgan fingerprint density at radius 3 is 2.83 bits per heavy atom. The fraction of sp³-hybridized carbons (Fsp3) is 0.462. The van der Waals surface area contributed by atoms with Crippen molar-refractivity contribution in [2.75, 3.05) is 20.1 Å². The highest BCUT2D eigenvalue weighted by molar-refractivity contribution is 6.31. The summed E-state index contributed by atoms with van der Waals surface area (Å²) in [7, 11) is 1.64. The van der Waals surface area contributed by atoms with Crippen LogP contribution in [0.4, 0.5) is 4.39 Å². The topological polar surface area (TPSA) is 32.3 Å². The van der Waals surface area contributed by atoms with Crippen molar-refractivity contribution in [1.82, 2.24) is 10.2 Å². The van der Waals surface area contributed by atoms with E-state index in [9.17, 15) is 9.18 Å². The Labute approximate surface area is 112 Å². The van der Waals surface area contributed by atoms with Crippen LogP contribution in [-0.2, 0) is 11.3 Å². The fourth-order valence-corrected chi connectivity index (χ4v) is 1.74. The molecule has 1 rings (SSSR count). The summed E-state index contributed by atoms with van der Waals surface area (Å²) in [6, 6.07) is 4.51. The van der Waals surface area contributed by atoms with Gasteiger partial charge in [-0.05, 0) is 25.1 Å². The number of nitrogens with one attached hydrogen (secondary N) is 1. The summed E-state index contributed by atoms with van der Waals surface area (Å²) in [5.74, 6) is -0.466. The van der Waals surface area contributed by atoms with Gasteiger partial charge in [-0.1, -0.05) is 24.6 Å². The first kappa shape index (κ1) is 14.9. The number of hydrogen-bond donors (Lipinski definition) is 1. The van der Waals surface area contributed by atoms with Crippen LogP contribution >= 0.6 is 11.6 Å². The van der Waals surface area contributed by atoms with Crippen LogP contribution in [0.15, 0.2) is 18.2 Å². The minimum Gasteiger partial charge on any atom is -0.340 e. The molecule has 1 N–H and O–H groups in total. The Balaban J connectivity index is 2.58. The van der Waals surface area contributed by atoms with Gasteiger partial charge in [-0.15, -0.1) is 0 Å². The monoisotopic (exact) mass is 272 g/mol. The summed E-state index contributed by atoms with van der Waals surface area (Å²) in [6.07, 6.45) is 0.968. The Kier molecular flexibility index (Phi) is 6.09. The Morgan fingerprint density at radius 1 is 1.50 bits per heavy atom. The minimum atomic E-state index is -0.385. The largest absolute Gasteiger partial charge is 0.340 e. The van der Waals surface area contributed by atoms with Crippen molar-refractivity contribution in [3.63, 3.8) is 0 Å². The lowest BCUT2D eigenvalue weighted by molar-refractivity contribution is -0.129. The van der Waals surface area contributed by atoms with E-state index in [2.05, 4.69) is 5.32 Å². The van der Waals surface area contributed by atoms with Gasteiger partial charge in [0.25, 0.3) is 0 Å². The van der Waals surface area contributed by atoms with E-state index in [4.69, 9.17) is 11.6 Å². The number of rotatable bonds is 6. The predicted molar refractivity (Wildman–Crippen MR) is 71.0 cm³/mol. The molecule has 0 atom stereocenters. The van der Waals surface area contributed by atoms with Gasteiger partial charge in [-0.2, -0.15) is 0 Å². The summed E-state index contributed by atoms with van der Waals surface area (Å²) in [5, 5.41) is 3.36. The van der Waals surface area contributed by atoms with Crippen LogP contribution in [0.2, 0.25) is 5.02 Å². The second-order valence-corrected chi connectivity index (χ2v) is 4.53. The molecule has 3 nitrogen and oxygen atoms in total. The molecule has 0 aliphatic rings. The van der Waals surface area contributed by atoms with Gasteiger partial charge >= 0.3 is 0 Å². The molecule has 0 aromatic heterocycles.